The van der Waals surface area contributed by atoms with Crippen LogP contribution in [0, 0.1) is 0 Å². The second-order valence-electron chi connectivity index (χ2n) is 6.95. The number of amides is 2. The van der Waals surface area contributed by atoms with Crippen LogP contribution in [0.25, 0.3) is 5.57 Å². The molecule has 1 heterocycles. The van der Waals surface area contributed by atoms with E-state index in [1.807, 2.05) is 18.2 Å². The van der Waals surface area contributed by atoms with Crippen molar-refractivity contribution in [2.45, 2.75) is 0 Å². The van der Waals surface area contributed by atoms with E-state index in [0.29, 0.717) is 34.2 Å². The van der Waals surface area contributed by atoms with Gasteiger partial charge in [0.15, 0.2) is 0 Å². The molecular weight excluding hydrogens is 408 g/mol. The Kier molecular flexibility index (Phi) is 5.81. The summed E-state index contributed by atoms with van der Waals surface area (Å²) in [5.74, 6) is 0.729. The van der Waals surface area contributed by atoms with Crippen LogP contribution in [-0.2, 0) is 9.59 Å². The molecular formula is C25H22N2O5. The summed E-state index contributed by atoms with van der Waals surface area (Å²) in [5.41, 5.74) is 2.02. The summed E-state index contributed by atoms with van der Waals surface area (Å²) in [6, 6.07) is 21.1. The third kappa shape index (κ3) is 3.76. The highest BCUT2D eigenvalue weighted by atomic mass is 16.5. The Morgan fingerprint density at radius 2 is 1.44 bits per heavy atom. The lowest BCUT2D eigenvalue weighted by Gasteiger charge is -2.17. The quantitative estimate of drug-likeness (QED) is 0.569. The molecule has 1 aliphatic rings. The first kappa shape index (κ1) is 21.0. The summed E-state index contributed by atoms with van der Waals surface area (Å²) in [6.07, 6.45) is 0. The van der Waals surface area contributed by atoms with E-state index in [2.05, 4.69) is 5.32 Å². The molecule has 7 nitrogen and oxygen atoms in total. The Bertz CT molecular complexity index is 1200. The van der Waals surface area contributed by atoms with Crippen LogP contribution in [0.15, 0.2) is 78.5 Å². The highest BCUT2D eigenvalue weighted by Gasteiger charge is 2.40. The molecule has 0 bridgehead atoms. The number of methoxy groups -OCH3 is 3. The first-order valence-corrected chi connectivity index (χ1v) is 9.89. The number of benzene rings is 3. The molecule has 2 amide bonds. The van der Waals surface area contributed by atoms with Gasteiger partial charge in [0.1, 0.15) is 22.9 Å². The van der Waals surface area contributed by atoms with Crippen molar-refractivity contribution >= 4 is 28.8 Å². The van der Waals surface area contributed by atoms with Crippen LogP contribution in [0.5, 0.6) is 17.2 Å². The lowest BCUT2D eigenvalue weighted by Crippen LogP contribution is -2.32. The largest absolute Gasteiger partial charge is 0.497 e. The maximum Gasteiger partial charge on any atom is 0.282 e. The van der Waals surface area contributed by atoms with Gasteiger partial charge in [0.2, 0.25) is 0 Å². The highest BCUT2D eigenvalue weighted by molar-refractivity contribution is 6.46. The topological polar surface area (TPSA) is 77.1 Å². The second-order valence-corrected chi connectivity index (χ2v) is 6.95. The number of nitrogens with one attached hydrogen (secondary N) is 1. The molecule has 162 valence electrons. The minimum atomic E-state index is -0.472. The van der Waals surface area contributed by atoms with E-state index < -0.39 is 11.8 Å². The fourth-order valence-corrected chi connectivity index (χ4v) is 3.54. The van der Waals surface area contributed by atoms with Gasteiger partial charge in [-0.25, -0.2) is 4.90 Å². The lowest BCUT2D eigenvalue weighted by atomic mass is 10.0. The highest BCUT2D eigenvalue weighted by Crippen LogP contribution is 2.37. The predicted octanol–water partition coefficient (Wildman–Crippen LogP) is 4.11. The fourth-order valence-electron chi connectivity index (χ4n) is 3.54. The molecule has 0 saturated heterocycles. The van der Waals surface area contributed by atoms with Gasteiger partial charge in [-0.2, -0.15) is 0 Å². The van der Waals surface area contributed by atoms with Crippen LogP contribution in [0.2, 0.25) is 0 Å². The van der Waals surface area contributed by atoms with Gasteiger partial charge in [-0.1, -0.05) is 36.4 Å². The average molecular weight is 430 g/mol. The Balaban J connectivity index is 1.82. The minimum Gasteiger partial charge on any atom is -0.497 e. The Morgan fingerprint density at radius 3 is 2.12 bits per heavy atom. The van der Waals surface area contributed by atoms with Gasteiger partial charge in [-0.15, -0.1) is 0 Å². The van der Waals surface area contributed by atoms with Gasteiger partial charge in [0.25, 0.3) is 11.8 Å². The third-order valence-corrected chi connectivity index (χ3v) is 5.13. The summed E-state index contributed by atoms with van der Waals surface area (Å²) in [4.78, 5) is 28.1. The van der Waals surface area contributed by atoms with E-state index in [9.17, 15) is 9.59 Å². The van der Waals surface area contributed by atoms with Crippen molar-refractivity contribution in [1.29, 1.82) is 0 Å². The van der Waals surface area contributed by atoms with Gasteiger partial charge in [0, 0.05) is 12.1 Å². The number of hydrogen-bond acceptors (Lipinski definition) is 6. The normalized spacial score (nSPS) is 13.4. The Hall–Kier alpha value is -4.26. The zero-order chi connectivity index (χ0) is 22.7. The van der Waals surface area contributed by atoms with Crippen LogP contribution >= 0.6 is 0 Å². The predicted molar refractivity (Wildman–Crippen MR) is 122 cm³/mol. The van der Waals surface area contributed by atoms with Crippen molar-refractivity contribution in [2.24, 2.45) is 0 Å². The third-order valence-electron chi connectivity index (χ3n) is 5.13. The van der Waals surface area contributed by atoms with Crippen molar-refractivity contribution < 1.29 is 23.8 Å². The summed E-state index contributed by atoms with van der Waals surface area (Å²) in [7, 11) is 4.61. The summed E-state index contributed by atoms with van der Waals surface area (Å²) in [5, 5.41) is 3.12. The number of carbonyl (C=O) groups excluding carboxylic acids is 2. The molecule has 32 heavy (non-hydrogen) atoms. The zero-order valence-electron chi connectivity index (χ0n) is 17.9. The number of anilines is 2. The van der Waals surface area contributed by atoms with E-state index in [1.165, 1.54) is 14.2 Å². The van der Waals surface area contributed by atoms with Gasteiger partial charge in [0.05, 0.1) is 38.3 Å². The van der Waals surface area contributed by atoms with Crippen LogP contribution in [0.4, 0.5) is 11.4 Å². The minimum absolute atomic E-state index is 0.160. The smallest absolute Gasteiger partial charge is 0.282 e. The van der Waals surface area contributed by atoms with E-state index in [0.717, 1.165) is 4.90 Å². The molecule has 1 N–H and O–H groups in total. The number of ether oxygens (including phenoxy) is 3. The van der Waals surface area contributed by atoms with Gasteiger partial charge < -0.3 is 19.5 Å². The zero-order valence-corrected chi connectivity index (χ0v) is 17.9. The maximum absolute atomic E-state index is 13.5. The molecule has 3 aromatic carbocycles. The molecule has 0 atom stereocenters. The second kappa shape index (κ2) is 8.85. The van der Waals surface area contributed by atoms with Crippen LogP contribution < -0.4 is 24.4 Å². The molecule has 0 radical (unpaired) electrons. The van der Waals surface area contributed by atoms with E-state index in [-0.39, 0.29) is 11.3 Å². The van der Waals surface area contributed by atoms with E-state index >= 15 is 0 Å². The monoisotopic (exact) mass is 430 g/mol. The fraction of sp³-hybridized carbons (Fsp3) is 0.120. The maximum atomic E-state index is 13.5. The first-order valence-electron chi connectivity index (χ1n) is 9.89. The summed E-state index contributed by atoms with van der Waals surface area (Å²) in [6.45, 7) is 0. The Morgan fingerprint density at radius 1 is 0.719 bits per heavy atom. The molecule has 7 heteroatoms. The van der Waals surface area contributed by atoms with Crippen molar-refractivity contribution in [2.75, 3.05) is 31.5 Å². The number of carbonyl (C=O) groups is 2. The molecule has 1 aliphatic heterocycles. The molecule has 4 rings (SSSR count). The van der Waals surface area contributed by atoms with E-state index in [4.69, 9.17) is 14.2 Å². The average Bonchev–Trinajstić information content (AvgIpc) is 3.08. The molecule has 0 aliphatic carbocycles. The molecule has 0 aromatic heterocycles. The Labute approximate surface area is 185 Å². The van der Waals surface area contributed by atoms with Gasteiger partial charge in [-0.05, 0) is 29.8 Å². The molecule has 0 unspecified atom stereocenters. The van der Waals surface area contributed by atoms with E-state index in [1.54, 1.807) is 61.7 Å². The van der Waals surface area contributed by atoms with Crippen LogP contribution in [-0.4, -0.2) is 33.1 Å². The van der Waals surface area contributed by atoms with Crippen LogP contribution in [0.3, 0.4) is 0 Å². The van der Waals surface area contributed by atoms with Crippen LogP contribution in [0.1, 0.15) is 5.56 Å². The first-order chi connectivity index (χ1) is 15.6. The SMILES string of the molecule is COc1cccc(N2C(=O)C(Nc3ccc(OC)cc3OC)=C(c3ccccc3)C2=O)c1. The van der Waals surface area contributed by atoms with Crippen molar-refractivity contribution in [3.8, 4) is 17.2 Å². The molecule has 0 saturated carbocycles. The van der Waals surface area contributed by atoms with Crippen molar-refractivity contribution in [3.63, 3.8) is 0 Å². The molecule has 0 fully saturated rings. The standard InChI is InChI=1S/C25H22N2O5/c1-30-18-11-7-10-17(14-18)27-24(28)22(16-8-5-4-6-9-16)23(25(27)29)26-20-13-12-19(31-2)15-21(20)32-3/h4-15,26H,1-3H3. The van der Waals surface area contributed by atoms with Crippen molar-refractivity contribution in [3.05, 3.63) is 84.1 Å². The summed E-state index contributed by atoms with van der Waals surface area (Å²) >= 11 is 0. The number of rotatable bonds is 7. The number of nitrogens with zero attached hydrogens (tertiary/aromatic N) is 1. The lowest BCUT2D eigenvalue weighted by molar-refractivity contribution is -0.120. The molecule has 0 spiro atoms. The van der Waals surface area contributed by atoms with Gasteiger partial charge in [-0.3, -0.25) is 9.59 Å². The van der Waals surface area contributed by atoms with Crippen molar-refractivity contribution in [1.82, 2.24) is 0 Å². The number of hydrogen-bond donors (Lipinski definition) is 1. The number of imide groups is 1. The molecule has 3 aromatic rings. The van der Waals surface area contributed by atoms with Gasteiger partial charge >= 0.3 is 0 Å². The summed E-state index contributed by atoms with van der Waals surface area (Å²) < 4.78 is 16.0.